The van der Waals surface area contributed by atoms with Gasteiger partial charge >= 0.3 is 0 Å². The summed E-state index contributed by atoms with van der Waals surface area (Å²) in [7, 11) is 0. The van der Waals surface area contributed by atoms with E-state index in [-0.39, 0.29) is 24.8 Å². The molecule has 3 heterocycles. The maximum Gasteiger partial charge on any atom is 0.265 e. The number of benzene rings is 2. The van der Waals surface area contributed by atoms with E-state index in [2.05, 4.69) is 10.2 Å². The molecule has 0 atom stereocenters. The van der Waals surface area contributed by atoms with Gasteiger partial charge in [-0.15, -0.1) is 0 Å². The number of morpholine rings is 1. The lowest BCUT2D eigenvalue weighted by molar-refractivity contribution is -0.121. The zero-order valence-electron chi connectivity index (χ0n) is 16.9. The second-order valence-corrected chi connectivity index (χ2v) is 8.39. The van der Waals surface area contributed by atoms with Crippen LogP contribution in [0.2, 0.25) is 0 Å². The van der Waals surface area contributed by atoms with Gasteiger partial charge in [-0.1, -0.05) is 23.5 Å². The highest BCUT2D eigenvalue weighted by Gasteiger charge is 2.25. The van der Waals surface area contributed by atoms with Crippen molar-refractivity contribution in [3.8, 4) is 5.75 Å². The fraction of sp³-hybridized carbons (Fsp3) is 0.318. The number of nitrogens with one attached hydrogen (secondary N) is 1. The van der Waals surface area contributed by atoms with Crippen LogP contribution in [0.5, 0.6) is 5.75 Å². The van der Waals surface area contributed by atoms with Crippen molar-refractivity contribution in [2.24, 2.45) is 0 Å². The van der Waals surface area contributed by atoms with Crippen LogP contribution in [0.3, 0.4) is 0 Å². The van der Waals surface area contributed by atoms with Gasteiger partial charge in [-0.2, -0.15) is 0 Å². The maximum atomic E-state index is 12.5. The smallest absolute Gasteiger partial charge is 0.265 e. The van der Waals surface area contributed by atoms with Gasteiger partial charge in [-0.05, 0) is 30.3 Å². The third kappa shape index (κ3) is 4.19. The standard InChI is InChI=1S/C22H22N4O4S/c27-20(7-8-26-17-3-1-2-4-18(17)30-14-21(26)28)23-15-5-6-16-19(13-15)31-22(24-16)25-9-11-29-12-10-25/h1-6,13H,7-12,14H2,(H,23,27). The average molecular weight is 439 g/mol. The molecule has 1 saturated heterocycles. The molecule has 9 heteroatoms. The van der Waals surface area contributed by atoms with Gasteiger partial charge in [-0.3, -0.25) is 9.59 Å². The summed E-state index contributed by atoms with van der Waals surface area (Å²) in [5, 5.41) is 3.92. The number of amides is 2. The van der Waals surface area contributed by atoms with Crippen molar-refractivity contribution in [2.45, 2.75) is 6.42 Å². The first kappa shape index (κ1) is 19.8. The topological polar surface area (TPSA) is 84.0 Å². The molecule has 2 amide bonds. The molecule has 0 bridgehead atoms. The predicted octanol–water partition coefficient (Wildman–Crippen LogP) is 2.89. The predicted molar refractivity (Wildman–Crippen MR) is 120 cm³/mol. The van der Waals surface area contributed by atoms with E-state index in [0.717, 1.165) is 34.1 Å². The lowest BCUT2D eigenvalue weighted by atomic mass is 10.2. The first-order valence-electron chi connectivity index (χ1n) is 10.2. The number of carbonyl (C=O) groups is 2. The lowest BCUT2D eigenvalue weighted by Crippen LogP contribution is -2.40. The highest BCUT2D eigenvalue weighted by atomic mass is 32.1. The lowest BCUT2D eigenvalue weighted by Gasteiger charge is -2.29. The SMILES string of the molecule is O=C(CCN1C(=O)COc2ccccc21)Nc1ccc2nc(N3CCOCC3)sc2c1. The molecule has 0 radical (unpaired) electrons. The molecule has 2 aromatic carbocycles. The Morgan fingerprint density at radius 3 is 2.87 bits per heavy atom. The Labute approximate surface area is 183 Å². The number of ether oxygens (including phenoxy) is 2. The largest absolute Gasteiger partial charge is 0.482 e. The molecular weight excluding hydrogens is 416 g/mol. The Hall–Kier alpha value is -3.17. The molecule has 1 fully saturated rings. The minimum atomic E-state index is -0.145. The second-order valence-electron chi connectivity index (χ2n) is 7.38. The van der Waals surface area contributed by atoms with Gasteiger partial charge < -0.3 is 24.6 Å². The molecule has 2 aliphatic heterocycles. The number of carbonyl (C=O) groups excluding carboxylic acids is 2. The molecule has 0 unspecified atom stereocenters. The summed E-state index contributed by atoms with van der Waals surface area (Å²) in [6.07, 6.45) is 0.194. The molecule has 0 aliphatic carbocycles. The zero-order chi connectivity index (χ0) is 21.2. The Morgan fingerprint density at radius 2 is 2.00 bits per heavy atom. The molecule has 160 valence electrons. The first-order chi connectivity index (χ1) is 15.2. The van der Waals surface area contributed by atoms with E-state index in [9.17, 15) is 9.59 Å². The number of hydrogen-bond donors (Lipinski definition) is 1. The van der Waals surface area contributed by atoms with Crippen LogP contribution in [-0.4, -0.2) is 56.3 Å². The van der Waals surface area contributed by atoms with Crippen LogP contribution in [0.15, 0.2) is 42.5 Å². The van der Waals surface area contributed by atoms with Crippen LogP contribution in [-0.2, 0) is 14.3 Å². The first-order valence-corrected chi connectivity index (χ1v) is 11.0. The number of fused-ring (bicyclic) bond motifs is 2. The molecule has 2 aliphatic rings. The monoisotopic (exact) mass is 438 g/mol. The van der Waals surface area contributed by atoms with Crippen LogP contribution in [0.4, 0.5) is 16.5 Å². The van der Waals surface area contributed by atoms with Gasteiger partial charge in [-0.25, -0.2) is 4.98 Å². The van der Waals surface area contributed by atoms with Crippen LogP contribution >= 0.6 is 11.3 Å². The van der Waals surface area contributed by atoms with Crippen LogP contribution in [0.1, 0.15) is 6.42 Å². The van der Waals surface area contributed by atoms with E-state index in [1.165, 1.54) is 0 Å². The Morgan fingerprint density at radius 1 is 1.16 bits per heavy atom. The second kappa shape index (κ2) is 8.52. The molecule has 1 N–H and O–H groups in total. The average Bonchev–Trinajstić information content (AvgIpc) is 3.22. The van der Waals surface area contributed by atoms with Crippen molar-refractivity contribution >= 4 is 49.9 Å². The summed E-state index contributed by atoms with van der Waals surface area (Å²) >= 11 is 1.61. The number of para-hydroxylation sites is 2. The van der Waals surface area contributed by atoms with Crippen molar-refractivity contribution in [1.29, 1.82) is 0 Å². The van der Waals surface area contributed by atoms with E-state index in [4.69, 9.17) is 14.5 Å². The minimum absolute atomic E-state index is 0.00778. The minimum Gasteiger partial charge on any atom is -0.482 e. The highest BCUT2D eigenvalue weighted by molar-refractivity contribution is 7.22. The van der Waals surface area contributed by atoms with E-state index in [1.807, 2.05) is 42.5 Å². The summed E-state index contributed by atoms with van der Waals surface area (Å²) in [6, 6.07) is 13.1. The van der Waals surface area contributed by atoms with Gasteiger partial charge in [0.25, 0.3) is 5.91 Å². The third-order valence-corrected chi connectivity index (χ3v) is 6.39. The number of anilines is 3. The molecule has 0 spiro atoms. The molecule has 3 aromatic rings. The normalized spacial score (nSPS) is 16.2. The third-order valence-electron chi connectivity index (χ3n) is 5.31. The summed E-state index contributed by atoms with van der Waals surface area (Å²) in [6.45, 7) is 3.40. The van der Waals surface area contributed by atoms with Crippen molar-refractivity contribution in [3.63, 3.8) is 0 Å². The van der Waals surface area contributed by atoms with Crippen molar-refractivity contribution in [2.75, 3.05) is 54.6 Å². The molecule has 31 heavy (non-hydrogen) atoms. The van der Waals surface area contributed by atoms with E-state index in [1.54, 1.807) is 16.2 Å². The number of aromatic nitrogens is 1. The molecule has 0 saturated carbocycles. The summed E-state index contributed by atoms with van der Waals surface area (Å²) in [5.74, 6) is 0.372. The van der Waals surface area contributed by atoms with E-state index >= 15 is 0 Å². The fourth-order valence-corrected chi connectivity index (χ4v) is 4.77. The number of hydrogen-bond acceptors (Lipinski definition) is 7. The molecule has 1 aromatic heterocycles. The van der Waals surface area contributed by atoms with Crippen molar-refractivity contribution in [1.82, 2.24) is 4.98 Å². The summed E-state index contributed by atoms with van der Waals surface area (Å²) in [4.78, 5) is 33.3. The summed E-state index contributed by atoms with van der Waals surface area (Å²) in [5.41, 5.74) is 2.34. The van der Waals surface area contributed by atoms with Gasteiger partial charge in [0.15, 0.2) is 11.7 Å². The van der Waals surface area contributed by atoms with Gasteiger partial charge in [0.05, 0.1) is 29.1 Å². The zero-order valence-corrected chi connectivity index (χ0v) is 17.7. The van der Waals surface area contributed by atoms with Crippen LogP contribution < -0.4 is 19.9 Å². The Kier molecular flexibility index (Phi) is 5.44. The molecule has 5 rings (SSSR count). The van der Waals surface area contributed by atoms with Gasteiger partial charge in [0, 0.05) is 31.7 Å². The maximum absolute atomic E-state index is 12.5. The number of nitrogens with zero attached hydrogens (tertiary/aromatic N) is 3. The Bertz CT molecular complexity index is 1130. The van der Waals surface area contributed by atoms with Gasteiger partial charge in [0.2, 0.25) is 5.91 Å². The molecular formula is C22H22N4O4S. The van der Waals surface area contributed by atoms with E-state index < -0.39 is 0 Å². The summed E-state index contributed by atoms with van der Waals surface area (Å²) < 4.78 is 11.9. The van der Waals surface area contributed by atoms with Crippen LogP contribution in [0.25, 0.3) is 10.2 Å². The Balaban J connectivity index is 1.24. The highest BCUT2D eigenvalue weighted by Crippen LogP contribution is 2.32. The van der Waals surface area contributed by atoms with Crippen LogP contribution in [0, 0.1) is 0 Å². The quantitative estimate of drug-likeness (QED) is 0.660. The molecule has 8 nitrogen and oxygen atoms in total. The van der Waals surface area contributed by atoms with E-state index in [0.29, 0.717) is 31.2 Å². The number of thiazole rings is 1. The van der Waals surface area contributed by atoms with Gasteiger partial charge in [0.1, 0.15) is 5.75 Å². The van der Waals surface area contributed by atoms with Crippen molar-refractivity contribution < 1.29 is 19.1 Å². The fourth-order valence-electron chi connectivity index (χ4n) is 3.72. The van der Waals surface area contributed by atoms with Crippen molar-refractivity contribution in [3.05, 3.63) is 42.5 Å². The number of rotatable bonds is 5.